The van der Waals surface area contributed by atoms with Crippen molar-refractivity contribution in [1.29, 1.82) is 0 Å². The van der Waals surface area contributed by atoms with E-state index in [0.717, 1.165) is 12.0 Å². The van der Waals surface area contributed by atoms with Crippen molar-refractivity contribution in [1.82, 2.24) is 5.32 Å². The predicted octanol–water partition coefficient (Wildman–Crippen LogP) is 2.77. The zero-order chi connectivity index (χ0) is 14.2. The number of nitrogens with two attached hydrogens (primary N) is 1. The van der Waals surface area contributed by atoms with Gasteiger partial charge < -0.3 is 11.1 Å². The summed E-state index contributed by atoms with van der Waals surface area (Å²) in [7, 11) is 0. The van der Waals surface area contributed by atoms with Gasteiger partial charge in [0.15, 0.2) is 0 Å². The van der Waals surface area contributed by atoms with Crippen molar-refractivity contribution < 1.29 is 4.79 Å². The van der Waals surface area contributed by atoms with E-state index in [1.165, 1.54) is 37.7 Å². The summed E-state index contributed by atoms with van der Waals surface area (Å²) in [5.41, 5.74) is 7.94. The van der Waals surface area contributed by atoms with Crippen LogP contribution in [-0.2, 0) is 17.8 Å². The Bertz CT molecular complexity index is 408. The van der Waals surface area contributed by atoms with E-state index in [2.05, 4.69) is 29.6 Å². The molecule has 1 fully saturated rings. The molecule has 0 heterocycles. The molecular weight excluding hydrogens is 248 g/mol. The van der Waals surface area contributed by atoms with E-state index in [4.69, 9.17) is 5.73 Å². The Labute approximate surface area is 121 Å². The first-order chi connectivity index (χ1) is 9.78. The van der Waals surface area contributed by atoms with E-state index in [1.807, 2.05) is 0 Å². The summed E-state index contributed by atoms with van der Waals surface area (Å²) >= 11 is 0. The van der Waals surface area contributed by atoms with Crippen LogP contribution >= 0.6 is 0 Å². The van der Waals surface area contributed by atoms with E-state index in [0.29, 0.717) is 25.4 Å². The zero-order valence-electron chi connectivity index (χ0n) is 12.2. The molecule has 2 rings (SSSR count). The van der Waals surface area contributed by atoms with E-state index >= 15 is 0 Å². The van der Waals surface area contributed by atoms with Crippen LogP contribution in [0.25, 0.3) is 0 Å². The smallest absolute Gasteiger partial charge is 0.220 e. The van der Waals surface area contributed by atoms with Gasteiger partial charge in [0.1, 0.15) is 0 Å². The van der Waals surface area contributed by atoms with Crippen molar-refractivity contribution in [2.24, 2.45) is 11.7 Å². The molecule has 20 heavy (non-hydrogen) atoms. The lowest BCUT2D eigenvalue weighted by molar-refractivity contribution is -0.122. The Balaban J connectivity index is 1.72. The molecule has 0 aliphatic heterocycles. The lowest BCUT2D eigenvalue weighted by Gasteiger charge is -2.20. The lowest BCUT2D eigenvalue weighted by atomic mass is 9.87. The van der Waals surface area contributed by atoms with Gasteiger partial charge in [0, 0.05) is 13.0 Å². The fourth-order valence-electron chi connectivity index (χ4n) is 2.92. The summed E-state index contributed by atoms with van der Waals surface area (Å²) in [5.74, 6) is 0.804. The second-order valence-electron chi connectivity index (χ2n) is 5.84. The first-order valence-corrected chi connectivity index (χ1v) is 7.82. The molecule has 3 N–H and O–H groups in total. The molecule has 0 bridgehead atoms. The number of carbonyl (C=O) groups is 1. The Kier molecular flexibility index (Phi) is 6.06. The molecule has 0 radical (unpaired) electrons. The first kappa shape index (κ1) is 15.0. The van der Waals surface area contributed by atoms with Gasteiger partial charge >= 0.3 is 0 Å². The first-order valence-electron chi connectivity index (χ1n) is 7.82. The third kappa shape index (κ3) is 4.97. The standard InChI is InChI=1S/C17H26N2O/c18-11-10-14-6-8-16(9-7-14)13-19-17(20)12-15-4-2-1-3-5-15/h6-9,15H,1-5,10-13,18H2,(H,19,20). The van der Waals surface area contributed by atoms with Gasteiger partial charge in [-0.25, -0.2) is 0 Å². The van der Waals surface area contributed by atoms with Crippen molar-refractivity contribution in [3.05, 3.63) is 35.4 Å². The maximum Gasteiger partial charge on any atom is 0.220 e. The molecule has 0 atom stereocenters. The Morgan fingerprint density at radius 3 is 2.40 bits per heavy atom. The summed E-state index contributed by atoms with van der Waals surface area (Å²) < 4.78 is 0. The molecule has 1 aliphatic rings. The molecule has 0 saturated heterocycles. The van der Waals surface area contributed by atoms with Crippen molar-refractivity contribution >= 4 is 5.91 Å². The molecule has 0 spiro atoms. The largest absolute Gasteiger partial charge is 0.352 e. The van der Waals surface area contributed by atoms with Crippen LogP contribution in [0.4, 0.5) is 0 Å². The minimum absolute atomic E-state index is 0.197. The Morgan fingerprint density at radius 2 is 1.75 bits per heavy atom. The second kappa shape index (κ2) is 8.05. The summed E-state index contributed by atoms with van der Waals surface area (Å²) in [4.78, 5) is 11.9. The van der Waals surface area contributed by atoms with Gasteiger partial charge in [-0.05, 0) is 42.9 Å². The number of benzene rings is 1. The van der Waals surface area contributed by atoms with Crippen LogP contribution in [0.2, 0.25) is 0 Å². The highest BCUT2D eigenvalue weighted by Crippen LogP contribution is 2.26. The summed E-state index contributed by atoms with van der Waals surface area (Å²) in [5, 5.41) is 3.03. The van der Waals surface area contributed by atoms with Gasteiger partial charge in [0.05, 0.1) is 0 Å². The van der Waals surface area contributed by atoms with Crippen LogP contribution in [0, 0.1) is 5.92 Å². The summed E-state index contributed by atoms with van der Waals surface area (Å²) in [6, 6.07) is 8.34. The quantitative estimate of drug-likeness (QED) is 0.838. The van der Waals surface area contributed by atoms with Gasteiger partial charge in [-0.3, -0.25) is 4.79 Å². The average Bonchev–Trinajstić information content (AvgIpc) is 2.48. The highest BCUT2D eigenvalue weighted by molar-refractivity contribution is 5.76. The minimum atomic E-state index is 0.197. The van der Waals surface area contributed by atoms with Crippen LogP contribution in [0.1, 0.15) is 49.7 Å². The van der Waals surface area contributed by atoms with Crippen molar-refractivity contribution in [2.75, 3.05) is 6.54 Å². The van der Waals surface area contributed by atoms with Crippen LogP contribution in [0.5, 0.6) is 0 Å². The third-order valence-electron chi connectivity index (χ3n) is 4.14. The predicted molar refractivity (Wildman–Crippen MR) is 82.2 cm³/mol. The number of rotatable bonds is 6. The fraction of sp³-hybridized carbons (Fsp3) is 0.588. The van der Waals surface area contributed by atoms with E-state index in [1.54, 1.807) is 0 Å². The normalized spacial score (nSPS) is 16.1. The van der Waals surface area contributed by atoms with Crippen molar-refractivity contribution in [3.63, 3.8) is 0 Å². The molecule has 1 aromatic carbocycles. The molecule has 0 unspecified atom stereocenters. The number of amides is 1. The molecule has 1 amide bonds. The van der Waals surface area contributed by atoms with Crippen LogP contribution in [0.3, 0.4) is 0 Å². The Morgan fingerprint density at radius 1 is 1.10 bits per heavy atom. The summed E-state index contributed by atoms with van der Waals surface area (Å²) in [6.07, 6.45) is 7.98. The topological polar surface area (TPSA) is 55.1 Å². The highest BCUT2D eigenvalue weighted by atomic mass is 16.1. The molecule has 3 nitrogen and oxygen atoms in total. The van der Waals surface area contributed by atoms with E-state index in [9.17, 15) is 4.79 Å². The molecule has 110 valence electrons. The summed E-state index contributed by atoms with van der Waals surface area (Å²) in [6.45, 7) is 1.31. The SMILES string of the molecule is NCCc1ccc(CNC(=O)CC2CCCCC2)cc1. The fourth-order valence-corrected chi connectivity index (χ4v) is 2.92. The minimum Gasteiger partial charge on any atom is -0.352 e. The maximum absolute atomic E-state index is 11.9. The second-order valence-corrected chi connectivity index (χ2v) is 5.84. The van der Waals surface area contributed by atoms with Crippen molar-refractivity contribution in [2.45, 2.75) is 51.5 Å². The maximum atomic E-state index is 11.9. The van der Waals surface area contributed by atoms with Crippen molar-refractivity contribution in [3.8, 4) is 0 Å². The highest BCUT2D eigenvalue weighted by Gasteiger charge is 2.16. The molecule has 1 saturated carbocycles. The van der Waals surface area contributed by atoms with Gasteiger partial charge in [-0.15, -0.1) is 0 Å². The van der Waals surface area contributed by atoms with Gasteiger partial charge in [-0.2, -0.15) is 0 Å². The van der Waals surface area contributed by atoms with Gasteiger partial charge in [0.2, 0.25) is 5.91 Å². The third-order valence-corrected chi connectivity index (χ3v) is 4.14. The van der Waals surface area contributed by atoms with Crippen LogP contribution in [-0.4, -0.2) is 12.5 Å². The number of carbonyl (C=O) groups excluding carboxylic acids is 1. The molecule has 0 aromatic heterocycles. The Hall–Kier alpha value is -1.35. The monoisotopic (exact) mass is 274 g/mol. The number of hydrogen-bond donors (Lipinski definition) is 2. The van der Waals surface area contributed by atoms with Gasteiger partial charge in [-0.1, -0.05) is 43.5 Å². The molecular formula is C17H26N2O. The lowest BCUT2D eigenvalue weighted by Crippen LogP contribution is -2.25. The molecule has 3 heteroatoms. The van der Waals surface area contributed by atoms with E-state index in [-0.39, 0.29) is 5.91 Å². The average molecular weight is 274 g/mol. The zero-order valence-corrected chi connectivity index (χ0v) is 12.2. The number of hydrogen-bond acceptors (Lipinski definition) is 2. The number of nitrogens with one attached hydrogen (secondary N) is 1. The van der Waals surface area contributed by atoms with Gasteiger partial charge in [0.25, 0.3) is 0 Å². The van der Waals surface area contributed by atoms with Crippen LogP contribution in [0.15, 0.2) is 24.3 Å². The molecule has 1 aromatic rings. The van der Waals surface area contributed by atoms with Crippen LogP contribution < -0.4 is 11.1 Å². The van der Waals surface area contributed by atoms with E-state index < -0.39 is 0 Å². The molecule has 1 aliphatic carbocycles.